The fraction of sp³-hybridized carbons (Fsp3) is 0.538. The van der Waals surface area contributed by atoms with Crippen LogP contribution in [-0.4, -0.2) is 18.7 Å². The molecule has 17 heavy (non-hydrogen) atoms. The summed E-state index contributed by atoms with van der Waals surface area (Å²) in [6, 6.07) is 3.35. The van der Waals surface area contributed by atoms with Crippen LogP contribution in [0.4, 0.5) is 8.78 Å². The summed E-state index contributed by atoms with van der Waals surface area (Å²) < 4.78 is 31.8. The standard InChI is InChI=1S/C13H19F2NO/c1-4-12(16-5-2)9(3)17-13-8-10(14)6-7-11(13)15/h6-9,12,16H,4-5H2,1-3H3. The van der Waals surface area contributed by atoms with Gasteiger partial charge in [0.2, 0.25) is 0 Å². The van der Waals surface area contributed by atoms with Gasteiger partial charge in [0.25, 0.3) is 0 Å². The Labute approximate surface area is 101 Å². The minimum atomic E-state index is -0.537. The van der Waals surface area contributed by atoms with Gasteiger partial charge in [-0.3, -0.25) is 0 Å². The molecule has 0 saturated heterocycles. The molecule has 1 rings (SSSR count). The van der Waals surface area contributed by atoms with Crippen molar-refractivity contribution < 1.29 is 13.5 Å². The molecule has 0 aliphatic rings. The second-order valence-electron chi connectivity index (χ2n) is 3.97. The van der Waals surface area contributed by atoms with Crippen molar-refractivity contribution >= 4 is 0 Å². The van der Waals surface area contributed by atoms with E-state index in [1.807, 2.05) is 20.8 Å². The first-order valence-corrected chi connectivity index (χ1v) is 5.93. The number of ether oxygens (including phenoxy) is 1. The molecule has 0 spiro atoms. The van der Waals surface area contributed by atoms with Crippen molar-refractivity contribution in [3.63, 3.8) is 0 Å². The minimum Gasteiger partial charge on any atom is -0.486 e. The van der Waals surface area contributed by atoms with Gasteiger partial charge < -0.3 is 10.1 Å². The van der Waals surface area contributed by atoms with Gasteiger partial charge in [-0.15, -0.1) is 0 Å². The molecule has 0 aromatic heterocycles. The smallest absolute Gasteiger partial charge is 0.165 e. The van der Waals surface area contributed by atoms with Crippen LogP contribution in [0.1, 0.15) is 27.2 Å². The van der Waals surface area contributed by atoms with Gasteiger partial charge in [-0.25, -0.2) is 8.78 Å². The third kappa shape index (κ3) is 3.97. The SMILES string of the molecule is CCNC(CC)C(C)Oc1cc(F)ccc1F. The van der Waals surface area contributed by atoms with Crippen LogP contribution in [0.2, 0.25) is 0 Å². The van der Waals surface area contributed by atoms with E-state index in [1.165, 1.54) is 0 Å². The molecule has 1 aromatic carbocycles. The molecule has 2 atom stereocenters. The van der Waals surface area contributed by atoms with Gasteiger partial charge in [-0.2, -0.15) is 0 Å². The number of halogens is 2. The molecule has 0 bridgehead atoms. The third-order valence-electron chi connectivity index (χ3n) is 2.68. The molecule has 2 nitrogen and oxygen atoms in total. The molecule has 2 unspecified atom stereocenters. The molecule has 1 N–H and O–H groups in total. The van der Waals surface area contributed by atoms with E-state index in [2.05, 4.69) is 5.32 Å². The summed E-state index contributed by atoms with van der Waals surface area (Å²) in [6.07, 6.45) is 0.655. The summed E-state index contributed by atoms with van der Waals surface area (Å²) in [5.41, 5.74) is 0. The van der Waals surface area contributed by atoms with Crippen LogP contribution >= 0.6 is 0 Å². The summed E-state index contributed by atoms with van der Waals surface area (Å²) >= 11 is 0. The average Bonchev–Trinajstić information content (AvgIpc) is 2.30. The Balaban J connectivity index is 2.72. The summed E-state index contributed by atoms with van der Waals surface area (Å²) in [5, 5.41) is 3.25. The fourth-order valence-corrected chi connectivity index (χ4v) is 1.75. The number of rotatable bonds is 6. The van der Waals surface area contributed by atoms with Gasteiger partial charge in [0.1, 0.15) is 11.9 Å². The first-order valence-electron chi connectivity index (χ1n) is 5.93. The Bertz CT molecular complexity index is 357. The van der Waals surface area contributed by atoms with Crippen molar-refractivity contribution in [1.29, 1.82) is 0 Å². The Hall–Kier alpha value is -1.16. The molecular formula is C13H19F2NO. The van der Waals surface area contributed by atoms with Gasteiger partial charge in [0.05, 0.1) is 0 Å². The summed E-state index contributed by atoms with van der Waals surface area (Å²) in [4.78, 5) is 0. The van der Waals surface area contributed by atoms with Gasteiger partial charge >= 0.3 is 0 Å². The number of nitrogens with one attached hydrogen (secondary N) is 1. The molecule has 0 saturated carbocycles. The monoisotopic (exact) mass is 243 g/mol. The van der Waals surface area contributed by atoms with E-state index in [9.17, 15) is 8.78 Å². The summed E-state index contributed by atoms with van der Waals surface area (Å²) in [6.45, 7) is 6.69. The second kappa shape index (κ2) is 6.55. The predicted octanol–water partition coefficient (Wildman–Crippen LogP) is 3.12. The zero-order chi connectivity index (χ0) is 12.8. The van der Waals surface area contributed by atoms with Gasteiger partial charge in [0, 0.05) is 12.1 Å². The number of likely N-dealkylation sites (N-methyl/N-ethyl adjacent to an activating group) is 1. The van der Waals surface area contributed by atoms with E-state index < -0.39 is 11.6 Å². The molecule has 0 fully saturated rings. The lowest BCUT2D eigenvalue weighted by molar-refractivity contribution is 0.161. The summed E-state index contributed by atoms with van der Waals surface area (Å²) in [5.74, 6) is -1.07. The molecule has 0 heterocycles. The van der Waals surface area contributed by atoms with Crippen molar-refractivity contribution in [2.45, 2.75) is 39.3 Å². The predicted molar refractivity (Wildman–Crippen MR) is 64.2 cm³/mol. The Morgan fingerprint density at radius 3 is 2.59 bits per heavy atom. The van der Waals surface area contributed by atoms with Crippen molar-refractivity contribution in [3.8, 4) is 5.75 Å². The normalized spacial score (nSPS) is 14.4. The van der Waals surface area contributed by atoms with E-state index >= 15 is 0 Å². The highest BCUT2D eigenvalue weighted by molar-refractivity contribution is 5.25. The molecule has 4 heteroatoms. The molecule has 96 valence electrons. The third-order valence-corrected chi connectivity index (χ3v) is 2.68. The van der Waals surface area contributed by atoms with Crippen LogP contribution in [0.3, 0.4) is 0 Å². The fourth-order valence-electron chi connectivity index (χ4n) is 1.75. The number of hydrogen-bond acceptors (Lipinski definition) is 2. The molecular weight excluding hydrogens is 224 g/mol. The van der Waals surface area contributed by atoms with Gasteiger partial charge in [-0.05, 0) is 32.0 Å². The van der Waals surface area contributed by atoms with Crippen molar-refractivity contribution in [1.82, 2.24) is 5.32 Å². The van der Waals surface area contributed by atoms with E-state index in [0.717, 1.165) is 31.2 Å². The maximum Gasteiger partial charge on any atom is 0.165 e. The molecule has 0 aliphatic heterocycles. The lowest BCUT2D eigenvalue weighted by Gasteiger charge is -2.24. The second-order valence-corrected chi connectivity index (χ2v) is 3.97. The number of benzene rings is 1. The van der Waals surface area contributed by atoms with Crippen LogP contribution in [0.15, 0.2) is 18.2 Å². The zero-order valence-electron chi connectivity index (χ0n) is 10.5. The van der Waals surface area contributed by atoms with E-state index in [-0.39, 0.29) is 17.9 Å². The summed E-state index contributed by atoms with van der Waals surface area (Å²) in [7, 11) is 0. The molecule has 0 amide bonds. The molecule has 0 aliphatic carbocycles. The van der Waals surface area contributed by atoms with E-state index in [4.69, 9.17) is 4.74 Å². The first-order chi connectivity index (χ1) is 8.08. The lowest BCUT2D eigenvalue weighted by atomic mass is 10.1. The van der Waals surface area contributed by atoms with Crippen LogP contribution < -0.4 is 10.1 Å². The minimum absolute atomic E-state index is 0.0335. The van der Waals surface area contributed by atoms with Gasteiger partial charge in [-0.1, -0.05) is 13.8 Å². The first kappa shape index (κ1) is 13.9. The lowest BCUT2D eigenvalue weighted by Crippen LogP contribution is -2.40. The quantitative estimate of drug-likeness (QED) is 0.828. The van der Waals surface area contributed by atoms with Crippen molar-refractivity contribution in [2.75, 3.05) is 6.54 Å². The topological polar surface area (TPSA) is 21.3 Å². The van der Waals surface area contributed by atoms with E-state index in [0.29, 0.717) is 0 Å². The van der Waals surface area contributed by atoms with Crippen LogP contribution in [-0.2, 0) is 0 Å². The molecule has 0 radical (unpaired) electrons. The number of hydrogen-bond donors (Lipinski definition) is 1. The van der Waals surface area contributed by atoms with Gasteiger partial charge in [0.15, 0.2) is 11.6 Å². The maximum atomic E-state index is 13.4. The van der Waals surface area contributed by atoms with Crippen LogP contribution in [0.25, 0.3) is 0 Å². The van der Waals surface area contributed by atoms with Crippen LogP contribution in [0.5, 0.6) is 5.75 Å². The Morgan fingerprint density at radius 2 is 2.00 bits per heavy atom. The highest BCUT2D eigenvalue weighted by Crippen LogP contribution is 2.20. The zero-order valence-corrected chi connectivity index (χ0v) is 10.5. The highest BCUT2D eigenvalue weighted by atomic mass is 19.1. The average molecular weight is 243 g/mol. The largest absolute Gasteiger partial charge is 0.486 e. The van der Waals surface area contributed by atoms with Crippen molar-refractivity contribution in [2.24, 2.45) is 0 Å². The highest BCUT2D eigenvalue weighted by Gasteiger charge is 2.17. The Morgan fingerprint density at radius 1 is 1.29 bits per heavy atom. The van der Waals surface area contributed by atoms with E-state index in [1.54, 1.807) is 0 Å². The maximum absolute atomic E-state index is 13.4. The van der Waals surface area contributed by atoms with Crippen molar-refractivity contribution in [3.05, 3.63) is 29.8 Å². The van der Waals surface area contributed by atoms with Crippen LogP contribution in [0, 0.1) is 11.6 Å². The Kier molecular flexibility index (Phi) is 5.35. The molecule has 1 aromatic rings.